The summed E-state index contributed by atoms with van der Waals surface area (Å²) >= 11 is 0. The Bertz CT molecular complexity index is 810. The largest absolute Gasteiger partial charge is 0.510 e. The summed E-state index contributed by atoms with van der Waals surface area (Å²) in [6, 6.07) is 7.07. The molecule has 1 atom stereocenters. The Hall–Kier alpha value is -2.61. The maximum Gasteiger partial charge on any atom is 0.510 e. The number of ether oxygens (including phenoxy) is 3. The lowest BCUT2D eigenvalue weighted by Crippen LogP contribution is -2.36. The number of hydrogen-bond donors (Lipinski definition) is 1. The SMILES string of the molecule is CCOC(=O)OC(C)OCCCn1c(=O)c(=O)[nH]c2ccccc21. The molecule has 1 unspecified atom stereocenters. The zero-order chi connectivity index (χ0) is 17.5. The molecule has 130 valence electrons. The van der Waals surface area contributed by atoms with Gasteiger partial charge in [0.2, 0.25) is 6.29 Å². The van der Waals surface area contributed by atoms with Crippen molar-refractivity contribution in [2.24, 2.45) is 0 Å². The van der Waals surface area contributed by atoms with Gasteiger partial charge in [-0.05, 0) is 32.4 Å². The number of carbonyl (C=O) groups excluding carboxylic acids is 1. The van der Waals surface area contributed by atoms with Crippen LogP contribution < -0.4 is 11.1 Å². The van der Waals surface area contributed by atoms with Crippen LogP contribution in [0.4, 0.5) is 4.79 Å². The molecule has 0 aliphatic heterocycles. The molecule has 0 fully saturated rings. The van der Waals surface area contributed by atoms with Crippen molar-refractivity contribution < 1.29 is 19.0 Å². The molecule has 8 nitrogen and oxygen atoms in total. The summed E-state index contributed by atoms with van der Waals surface area (Å²) in [4.78, 5) is 37.4. The van der Waals surface area contributed by atoms with Gasteiger partial charge in [0.25, 0.3) is 0 Å². The van der Waals surface area contributed by atoms with Crippen molar-refractivity contribution in [1.82, 2.24) is 9.55 Å². The number of benzene rings is 1. The van der Waals surface area contributed by atoms with Crippen LogP contribution in [0.3, 0.4) is 0 Å². The summed E-state index contributed by atoms with van der Waals surface area (Å²) in [6.07, 6.45) is -1.07. The molecule has 1 N–H and O–H groups in total. The van der Waals surface area contributed by atoms with Crippen molar-refractivity contribution in [2.45, 2.75) is 33.1 Å². The third-order valence-corrected chi connectivity index (χ3v) is 3.29. The first kappa shape index (κ1) is 17.7. The molecule has 0 saturated heterocycles. The third kappa shape index (κ3) is 4.45. The average molecular weight is 336 g/mol. The fraction of sp³-hybridized carbons (Fsp3) is 0.438. The van der Waals surface area contributed by atoms with Crippen LogP contribution in [0.2, 0.25) is 0 Å². The van der Waals surface area contributed by atoms with Crippen molar-refractivity contribution in [3.8, 4) is 0 Å². The van der Waals surface area contributed by atoms with Crippen LogP contribution in [0.1, 0.15) is 20.3 Å². The predicted molar refractivity (Wildman–Crippen MR) is 87.0 cm³/mol. The summed E-state index contributed by atoms with van der Waals surface area (Å²) in [5, 5.41) is 0. The van der Waals surface area contributed by atoms with Gasteiger partial charge in [0, 0.05) is 6.54 Å². The second-order valence-corrected chi connectivity index (χ2v) is 5.02. The van der Waals surface area contributed by atoms with Crippen LogP contribution in [0, 0.1) is 0 Å². The van der Waals surface area contributed by atoms with Gasteiger partial charge in [-0.1, -0.05) is 12.1 Å². The Morgan fingerprint density at radius 1 is 1.29 bits per heavy atom. The maximum absolute atomic E-state index is 12.0. The van der Waals surface area contributed by atoms with Gasteiger partial charge in [0.05, 0.1) is 24.2 Å². The van der Waals surface area contributed by atoms with Crippen molar-refractivity contribution in [1.29, 1.82) is 0 Å². The lowest BCUT2D eigenvalue weighted by atomic mass is 10.3. The van der Waals surface area contributed by atoms with Gasteiger partial charge in [-0.2, -0.15) is 0 Å². The fourth-order valence-corrected chi connectivity index (χ4v) is 2.24. The van der Waals surface area contributed by atoms with Crippen LogP contribution in [0.15, 0.2) is 33.9 Å². The summed E-state index contributed by atoms with van der Waals surface area (Å²) in [5.41, 5.74) is -0.0156. The van der Waals surface area contributed by atoms with E-state index in [1.54, 1.807) is 38.1 Å². The first-order chi connectivity index (χ1) is 11.5. The minimum atomic E-state index is -0.790. The lowest BCUT2D eigenvalue weighted by molar-refractivity contribution is -0.111. The number of hydrogen-bond acceptors (Lipinski definition) is 6. The van der Waals surface area contributed by atoms with Crippen molar-refractivity contribution >= 4 is 17.2 Å². The number of nitrogens with zero attached hydrogens (tertiary/aromatic N) is 1. The number of nitrogens with one attached hydrogen (secondary N) is 1. The first-order valence-electron chi connectivity index (χ1n) is 7.69. The molecule has 0 spiro atoms. The Kier molecular flexibility index (Phi) is 6.14. The average Bonchev–Trinajstić information content (AvgIpc) is 2.54. The quantitative estimate of drug-likeness (QED) is 0.357. The lowest BCUT2D eigenvalue weighted by Gasteiger charge is -2.14. The van der Waals surface area contributed by atoms with Crippen LogP contribution in [-0.4, -0.2) is 35.2 Å². The number of rotatable bonds is 7. The summed E-state index contributed by atoms with van der Waals surface area (Å²) in [6.45, 7) is 4.05. The molecule has 2 aromatic rings. The molecule has 0 aliphatic carbocycles. The number of aryl methyl sites for hydroxylation is 1. The van der Waals surface area contributed by atoms with Gasteiger partial charge in [-0.25, -0.2) is 4.79 Å². The Balaban J connectivity index is 1.95. The third-order valence-electron chi connectivity index (χ3n) is 3.29. The van der Waals surface area contributed by atoms with Crippen molar-refractivity contribution in [3.63, 3.8) is 0 Å². The van der Waals surface area contributed by atoms with E-state index >= 15 is 0 Å². The summed E-state index contributed by atoms with van der Waals surface area (Å²) in [7, 11) is 0. The van der Waals surface area contributed by atoms with Gasteiger partial charge in [0.15, 0.2) is 0 Å². The number of para-hydroxylation sites is 2. The van der Waals surface area contributed by atoms with E-state index in [2.05, 4.69) is 9.72 Å². The van der Waals surface area contributed by atoms with E-state index in [4.69, 9.17) is 9.47 Å². The molecule has 1 heterocycles. The fourth-order valence-electron chi connectivity index (χ4n) is 2.24. The molecule has 0 bridgehead atoms. The molecule has 8 heteroatoms. The van der Waals surface area contributed by atoms with E-state index in [-0.39, 0.29) is 13.2 Å². The minimum Gasteiger partial charge on any atom is -0.435 e. The van der Waals surface area contributed by atoms with Gasteiger partial charge in [0.1, 0.15) is 0 Å². The first-order valence-corrected chi connectivity index (χ1v) is 7.69. The highest BCUT2D eigenvalue weighted by Gasteiger charge is 2.11. The highest BCUT2D eigenvalue weighted by molar-refractivity contribution is 5.74. The zero-order valence-electron chi connectivity index (χ0n) is 13.6. The molecule has 0 radical (unpaired) electrons. The Morgan fingerprint density at radius 2 is 2.04 bits per heavy atom. The second-order valence-electron chi connectivity index (χ2n) is 5.02. The molecule has 1 aromatic carbocycles. The van der Waals surface area contributed by atoms with Gasteiger partial charge in [-0.3, -0.25) is 9.59 Å². The van der Waals surface area contributed by atoms with Crippen LogP contribution >= 0.6 is 0 Å². The van der Waals surface area contributed by atoms with E-state index in [0.29, 0.717) is 24.0 Å². The van der Waals surface area contributed by atoms with Crippen LogP contribution in [0.25, 0.3) is 11.0 Å². The van der Waals surface area contributed by atoms with Gasteiger partial charge < -0.3 is 23.8 Å². The normalized spacial score (nSPS) is 12.1. The van der Waals surface area contributed by atoms with Gasteiger partial charge >= 0.3 is 17.3 Å². The van der Waals surface area contributed by atoms with E-state index in [1.807, 2.05) is 0 Å². The van der Waals surface area contributed by atoms with E-state index in [9.17, 15) is 14.4 Å². The van der Waals surface area contributed by atoms with Crippen molar-refractivity contribution in [3.05, 3.63) is 45.0 Å². The molecular formula is C16H20N2O6. The molecular weight excluding hydrogens is 316 g/mol. The number of aromatic nitrogens is 2. The molecule has 0 saturated carbocycles. The standard InChI is InChI=1S/C16H20N2O6/c1-3-22-16(21)24-11(2)23-10-6-9-18-13-8-5-4-7-12(13)17-14(19)15(18)20/h4-5,7-8,11H,3,6,9-10H2,1-2H3,(H,17,19). The molecule has 1 aromatic heterocycles. The zero-order valence-corrected chi connectivity index (χ0v) is 13.6. The minimum absolute atomic E-state index is 0.226. The number of fused-ring (bicyclic) bond motifs is 1. The summed E-state index contributed by atoms with van der Waals surface area (Å²) in [5.74, 6) is 0. The highest BCUT2D eigenvalue weighted by Crippen LogP contribution is 2.08. The number of H-pyrrole nitrogens is 1. The molecule has 24 heavy (non-hydrogen) atoms. The Labute approximate surface area is 138 Å². The summed E-state index contributed by atoms with van der Waals surface area (Å²) < 4.78 is 16.2. The maximum atomic E-state index is 12.0. The monoisotopic (exact) mass is 336 g/mol. The number of aromatic amines is 1. The highest BCUT2D eigenvalue weighted by atomic mass is 16.8. The Morgan fingerprint density at radius 3 is 2.79 bits per heavy atom. The molecule has 2 rings (SSSR count). The van der Waals surface area contributed by atoms with Gasteiger partial charge in [-0.15, -0.1) is 0 Å². The smallest absolute Gasteiger partial charge is 0.435 e. The molecule has 0 aliphatic rings. The predicted octanol–water partition coefficient (Wildman–Crippen LogP) is 1.62. The van der Waals surface area contributed by atoms with E-state index in [0.717, 1.165) is 0 Å². The van der Waals surface area contributed by atoms with Crippen molar-refractivity contribution in [2.75, 3.05) is 13.2 Å². The second kappa shape index (κ2) is 8.30. The van der Waals surface area contributed by atoms with Crippen LogP contribution in [0.5, 0.6) is 0 Å². The molecule has 0 amide bonds. The number of carbonyl (C=O) groups is 1. The van der Waals surface area contributed by atoms with E-state index in [1.165, 1.54) is 4.57 Å². The van der Waals surface area contributed by atoms with Crippen LogP contribution in [-0.2, 0) is 20.8 Å². The topological polar surface area (TPSA) is 99.6 Å². The van der Waals surface area contributed by atoms with E-state index < -0.39 is 23.6 Å².